The van der Waals surface area contributed by atoms with Gasteiger partial charge >= 0.3 is 0 Å². The van der Waals surface area contributed by atoms with E-state index in [1.54, 1.807) is 12.4 Å². The Morgan fingerprint density at radius 3 is 3.00 bits per heavy atom. The molecule has 0 aromatic carbocycles. The summed E-state index contributed by atoms with van der Waals surface area (Å²) in [7, 11) is 0. The summed E-state index contributed by atoms with van der Waals surface area (Å²) >= 11 is 0. The molecule has 6 heteroatoms. The minimum atomic E-state index is 0. The molecule has 4 N–H and O–H groups in total. The first-order valence-corrected chi connectivity index (χ1v) is 5.31. The highest BCUT2D eigenvalue weighted by Crippen LogP contribution is 2.24. The van der Waals surface area contributed by atoms with Gasteiger partial charge in [0.2, 0.25) is 5.91 Å². The zero-order valence-corrected chi connectivity index (χ0v) is 9.80. The average Bonchev–Trinajstić information content (AvgIpc) is 2.70. The highest BCUT2D eigenvalue weighted by molar-refractivity contribution is 5.92. The second kappa shape index (κ2) is 5.86. The van der Waals surface area contributed by atoms with E-state index < -0.39 is 0 Å². The number of nitrogens with two attached hydrogens (primary N) is 1. The predicted molar refractivity (Wildman–Crippen MR) is 64.4 cm³/mol. The Morgan fingerprint density at radius 1 is 1.56 bits per heavy atom. The molecule has 5 nitrogen and oxygen atoms in total. The van der Waals surface area contributed by atoms with E-state index in [-0.39, 0.29) is 30.3 Å². The van der Waals surface area contributed by atoms with E-state index in [0.29, 0.717) is 0 Å². The molecule has 1 fully saturated rings. The van der Waals surface area contributed by atoms with Gasteiger partial charge in [-0.05, 0) is 19.3 Å². The maximum Gasteiger partial charge on any atom is 0.227 e. The van der Waals surface area contributed by atoms with Gasteiger partial charge < -0.3 is 11.1 Å². The number of aromatic nitrogens is 2. The van der Waals surface area contributed by atoms with Crippen LogP contribution in [0.2, 0.25) is 0 Å². The van der Waals surface area contributed by atoms with Gasteiger partial charge in [-0.15, -0.1) is 12.4 Å². The Hall–Kier alpha value is -1.07. The van der Waals surface area contributed by atoms with E-state index in [1.165, 1.54) is 0 Å². The van der Waals surface area contributed by atoms with E-state index in [2.05, 4.69) is 15.5 Å². The van der Waals surface area contributed by atoms with Crippen LogP contribution in [0.4, 0.5) is 5.69 Å². The molecule has 0 radical (unpaired) electrons. The topological polar surface area (TPSA) is 83.8 Å². The van der Waals surface area contributed by atoms with Crippen LogP contribution in [0.5, 0.6) is 0 Å². The molecule has 1 aliphatic rings. The van der Waals surface area contributed by atoms with Crippen molar-refractivity contribution in [3.63, 3.8) is 0 Å². The van der Waals surface area contributed by atoms with Crippen molar-refractivity contribution in [3.05, 3.63) is 12.4 Å². The second-order valence-corrected chi connectivity index (χ2v) is 4.10. The Labute approximate surface area is 101 Å². The van der Waals surface area contributed by atoms with Crippen LogP contribution in [0, 0.1) is 5.92 Å². The highest BCUT2D eigenvalue weighted by atomic mass is 35.5. The van der Waals surface area contributed by atoms with Crippen LogP contribution >= 0.6 is 12.4 Å². The number of H-pyrrole nitrogens is 1. The number of hydrogen-bond donors (Lipinski definition) is 3. The molecule has 0 aliphatic heterocycles. The van der Waals surface area contributed by atoms with Crippen LogP contribution in [0.25, 0.3) is 0 Å². The number of amides is 1. The lowest BCUT2D eigenvalue weighted by Crippen LogP contribution is -2.34. The number of carbonyl (C=O) groups is 1. The molecular weight excluding hydrogens is 228 g/mol. The van der Waals surface area contributed by atoms with Crippen molar-refractivity contribution in [2.24, 2.45) is 11.7 Å². The lowest BCUT2D eigenvalue weighted by Gasteiger charge is -2.25. The van der Waals surface area contributed by atoms with Gasteiger partial charge in [-0.25, -0.2) is 0 Å². The minimum Gasteiger partial charge on any atom is -0.328 e. The first-order chi connectivity index (χ1) is 7.25. The van der Waals surface area contributed by atoms with Gasteiger partial charge in [-0.1, -0.05) is 6.42 Å². The number of anilines is 1. The number of carbonyl (C=O) groups excluding carboxylic acids is 1. The van der Waals surface area contributed by atoms with Gasteiger partial charge in [0.25, 0.3) is 0 Å². The highest BCUT2D eigenvalue weighted by Gasteiger charge is 2.25. The summed E-state index contributed by atoms with van der Waals surface area (Å²) in [4.78, 5) is 11.8. The van der Waals surface area contributed by atoms with Crippen molar-refractivity contribution in [2.45, 2.75) is 31.7 Å². The summed E-state index contributed by atoms with van der Waals surface area (Å²) in [6, 6.07) is 0.179. The molecule has 1 aromatic heterocycles. The zero-order valence-electron chi connectivity index (χ0n) is 8.98. The van der Waals surface area contributed by atoms with Crippen LogP contribution in [0.1, 0.15) is 25.7 Å². The molecule has 16 heavy (non-hydrogen) atoms. The Kier molecular flexibility index (Phi) is 4.76. The van der Waals surface area contributed by atoms with Gasteiger partial charge in [0.05, 0.1) is 11.9 Å². The number of nitrogens with one attached hydrogen (secondary N) is 2. The molecular formula is C10H17ClN4O. The van der Waals surface area contributed by atoms with Crippen molar-refractivity contribution < 1.29 is 4.79 Å². The Bertz CT molecular complexity index is 328. The molecule has 2 unspecified atom stereocenters. The normalized spacial score (nSPS) is 24.6. The maximum atomic E-state index is 11.8. The summed E-state index contributed by atoms with van der Waals surface area (Å²) in [6.45, 7) is 0. The lowest BCUT2D eigenvalue weighted by molar-refractivity contribution is -0.120. The zero-order chi connectivity index (χ0) is 10.7. The third-order valence-electron chi connectivity index (χ3n) is 2.85. The first kappa shape index (κ1) is 13.0. The third kappa shape index (κ3) is 3.21. The number of nitrogens with zero attached hydrogens (tertiary/aromatic N) is 1. The Balaban J connectivity index is 0.00000128. The minimum absolute atomic E-state index is 0. The molecule has 0 bridgehead atoms. The van der Waals surface area contributed by atoms with E-state index in [9.17, 15) is 4.79 Å². The van der Waals surface area contributed by atoms with Gasteiger partial charge in [0, 0.05) is 18.2 Å². The van der Waals surface area contributed by atoms with Gasteiger partial charge in [0.1, 0.15) is 0 Å². The van der Waals surface area contributed by atoms with Gasteiger partial charge in [-0.3, -0.25) is 9.89 Å². The summed E-state index contributed by atoms with van der Waals surface area (Å²) in [5.41, 5.74) is 6.56. The molecule has 1 saturated carbocycles. The number of rotatable bonds is 2. The quantitative estimate of drug-likeness (QED) is 0.733. The average molecular weight is 245 g/mol. The third-order valence-corrected chi connectivity index (χ3v) is 2.85. The van der Waals surface area contributed by atoms with Gasteiger partial charge in [-0.2, -0.15) is 5.10 Å². The molecule has 1 heterocycles. The van der Waals surface area contributed by atoms with Crippen LogP contribution in [-0.2, 0) is 4.79 Å². The molecule has 2 rings (SSSR count). The predicted octanol–water partition coefficient (Wildman–Crippen LogP) is 1.29. The van der Waals surface area contributed by atoms with E-state index >= 15 is 0 Å². The summed E-state index contributed by atoms with van der Waals surface area (Å²) in [5, 5.41) is 9.25. The summed E-state index contributed by atoms with van der Waals surface area (Å²) < 4.78 is 0. The molecule has 1 amide bonds. The number of halogens is 1. The molecule has 1 aliphatic carbocycles. The molecule has 90 valence electrons. The number of hydrogen-bond acceptors (Lipinski definition) is 3. The van der Waals surface area contributed by atoms with Crippen molar-refractivity contribution in [3.8, 4) is 0 Å². The maximum absolute atomic E-state index is 11.8. The van der Waals surface area contributed by atoms with Crippen LogP contribution in [0.3, 0.4) is 0 Å². The second-order valence-electron chi connectivity index (χ2n) is 4.10. The molecule has 0 spiro atoms. The molecule has 0 saturated heterocycles. The van der Waals surface area contributed by atoms with Crippen molar-refractivity contribution in [2.75, 3.05) is 5.32 Å². The smallest absolute Gasteiger partial charge is 0.227 e. The van der Waals surface area contributed by atoms with E-state index in [1.807, 2.05) is 0 Å². The SMILES string of the molecule is Cl.NC1CCCC(C(=O)Nc2cn[nH]c2)C1. The largest absolute Gasteiger partial charge is 0.328 e. The fraction of sp³-hybridized carbons (Fsp3) is 0.600. The van der Waals surface area contributed by atoms with Crippen molar-refractivity contribution >= 4 is 24.0 Å². The number of aromatic amines is 1. The summed E-state index contributed by atoms with van der Waals surface area (Å²) in [6.07, 6.45) is 7.09. The fourth-order valence-electron chi connectivity index (χ4n) is 2.03. The van der Waals surface area contributed by atoms with Gasteiger partial charge in [0.15, 0.2) is 0 Å². The summed E-state index contributed by atoms with van der Waals surface area (Å²) in [5.74, 6) is 0.121. The van der Waals surface area contributed by atoms with E-state index in [4.69, 9.17) is 5.73 Å². The lowest BCUT2D eigenvalue weighted by atomic mass is 9.85. The van der Waals surface area contributed by atoms with Crippen molar-refractivity contribution in [1.29, 1.82) is 0 Å². The Morgan fingerprint density at radius 2 is 2.38 bits per heavy atom. The molecule has 1 aromatic rings. The van der Waals surface area contributed by atoms with Crippen LogP contribution in [0.15, 0.2) is 12.4 Å². The fourth-order valence-corrected chi connectivity index (χ4v) is 2.03. The van der Waals surface area contributed by atoms with Crippen LogP contribution < -0.4 is 11.1 Å². The first-order valence-electron chi connectivity index (χ1n) is 5.31. The van der Waals surface area contributed by atoms with E-state index in [0.717, 1.165) is 31.4 Å². The van der Waals surface area contributed by atoms with Crippen molar-refractivity contribution in [1.82, 2.24) is 10.2 Å². The van der Waals surface area contributed by atoms with Crippen LogP contribution in [-0.4, -0.2) is 22.1 Å². The monoisotopic (exact) mass is 244 g/mol. The molecule has 2 atom stereocenters. The standard InChI is InChI=1S/C10H16N4O.ClH/c11-8-3-1-2-7(4-8)10(15)14-9-5-12-13-6-9;/h5-8H,1-4,11H2,(H,12,13)(H,14,15);1H.